The summed E-state index contributed by atoms with van der Waals surface area (Å²) in [5.41, 5.74) is 9.01. The number of aromatic nitrogens is 3. The van der Waals surface area contributed by atoms with Gasteiger partial charge >= 0.3 is 12.2 Å². The Labute approximate surface area is 280 Å². The first-order chi connectivity index (χ1) is 23.4. The fourth-order valence-electron chi connectivity index (χ4n) is 6.42. The topological polar surface area (TPSA) is 139 Å². The number of likely N-dealkylation sites (N-methyl/N-ethyl adjacent to an activating group) is 1. The zero-order chi connectivity index (χ0) is 34.8. The Balaban J connectivity index is 1.55. The molecule has 10 nitrogen and oxygen atoms in total. The van der Waals surface area contributed by atoms with E-state index in [1.54, 1.807) is 24.0 Å². The highest BCUT2D eigenvalue weighted by Gasteiger charge is 2.44. The van der Waals surface area contributed by atoms with Crippen molar-refractivity contribution in [2.45, 2.75) is 31.8 Å². The Bertz CT molecular complexity index is 2220. The van der Waals surface area contributed by atoms with Crippen LogP contribution in [0.2, 0.25) is 0 Å². The lowest BCUT2D eigenvalue weighted by Gasteiger charge is -2.27. The minimum atomic E-state index is -5.20. The van der Waals surface area contributed by atoms with Crippen LogP contribution >= 0.6 is 11.3 Å². The van der Waals surface area contributed by atoms with Crippen LogP contribution in [0.3, 0.4) is 0 Å². The average Bonchev–Trinajstić information content (AvgIpc) is 3.59. The molecule has 2 unspecified atom stereocenters. The molecule has 0 saturated carbocycles. The zero-order valence-corrected chi connectivity index (χ0v) is 26.8. The smallest absolute Gasteiger partial charge is 0.420 e. The van der Waals surface area contributed by atoms with Crippen molar-refractivity contribution in [3.63, 3.8) is 0 Å². The van der Waals surface area contributed by atoms with E-state index >= 15 is 17.6 Å². The lowest BCUT2D eigenvalue weighted by molar-refractivity contribution is -0.138. The molecule has 0 bridgehead atoms. The van der Waals surface area contributed by atoms with Gasteiger partial charge in [-0.05, 0) is 31.7 Å². The summed E-state index contributed by atoms with van der Waals surface area (Å²) in [4.78, 5) is 16.6. The first kappa shape index (κ1) is 32.3. The molecular formula is C33H27F5N8O2S. The number of thiophene rings is 1. The lowest BCUT2D eigenvalue weighted by atomic mass is 9.91. The van der Waals surface area contributed by atoms with E-state index in [-0.39, 0.29) is 69.4 Å². The molecule has 4 N–H and O–H groups in total. The largest absolute Gasteiger partial charge is 0.490 e. The van der Waals surface area contributed by atoms with E-state index < -0.39 is 51.9 Å². The molecule has 16 heteroatoms. The number of anilines is 3. The van der Waals surface area contributed by atoms with Gasteiger partial charge in [0.1, 0.15) is 58.1 Å². The quantitative estimate of drug-likeness (QED) is 0.154. The monoisotopic (exact) mass is 694 g/mol. The molecular weight excluding hydrogens is 667 g/mol. The Morgan fingerprint density at radius 3 is 2.67 bits per heavy atom. The third kappa shape index (κ3) is 5.39. The van der Waals surface area contributed by atoms with Gasteiger partial charge in [-0.15, -0.1) is 11.3 Å². The van der Waals surface area contributed by atoms with Gasteiger partial charge in [0.25, 0.3) is 0 Å². The molecule has 0 fully saturated rings. The summed E-state index contributed by atoms with van der Waals surface area (Å²) >= 11 is 0.680. The molecule has 5 heterocycles. The van der Waals surface area contributed by atoms with Crippen LogP contribution in [0, 0.1) is 23.0 Å². The van der Waals surface area contributed by atoms with Gasteiger partial charge in [-0.25, -0.2) is 13.8 Å². The molecule has 2 atom stereocenters. The number of nitriles is 1. The number of hydrogen-bond acceptors (Lipinski definition) is 11. The highest BCUT2D eigenvalue weighted by atomic mass is 32.1. The summed E-state index contributed by atoms with van der Waals surface area (Å²) in [6, 6.07) is 6.63. The number of halogens is 5. The van der Waals surface area contributed by atoms with E-state index in [0.29, 0.717) is 23.4 Å². The zero-order valence-electron chi connectivity index (χ0n) is 26.0. The van der Waals surface area contributed by atoms with Crippen molar-refractivity contribution >= 4 is 49.0 Å². The van der Waals surface area contributed by atoms with Gasteiger partial charge in [0.2, 0.25) is 0 Å². The van der Waals surface area contributed by atoms with E-state index in [2.05, 4.69) is 15.0 Å². The Morgan fingerprint density at radius 2 is 1.98 bits per heavy atom. The van der Waals surface area contributed by atoms with Gasteiger partial charge < -0.3 is 25.8 Å². The van der Waals surface area contributed by atoms with Crippen LogP contribution in [0.5, 0.6) is 11.8 Å². The number of nitrogen functional groups attached to an aromatic ring is 2. The molecule has 0 aliphatic carbocycles. The fourth-order valence-corrected chi connectivity index (χ4v) is 7.36. The van der Waals surface area contributed by atoms with Crippen molar-refractivity contribution in [1.29, 1.82) is 5.26 Å². The van der Waals surface area contributed by atoms with Gasteiger partial charge in [0.05, 0.1) is 28.2 Å². The standard InChI is InChI=1S/C33H27F5N8O2S/c1-15(20-6-4-10-45(20)2)48-32-43-26-23-27(47-12-11-46(31(23)44-32)14-16-5-3-9-42-29(16)40)24(33(36,37)38)22(25(26)35)17-7-8-19(34)28-21(17)18(13-39)30(41)49-28/h3-9,15,20H,10-12,14,41H2,1-2H3,(H2,40,42). The minimum absolute atomic E-state index is 0.0207. The second kappa shape index (κ2) is 12.0. The molecule has 0 saturated heterocycles. The summed E-state index contributed by atoms with van der Waals surface area (Å²) in [5.74, 6) is -2.81. The third-order valence-corrected chi connectivity index (χ3v) is 9.71. The van der Waals surface area contributed by atoms with Gasteiger partial charge in [-0.3, -0.25) is 4.90 Å². The Morgan fingerprint density at radius 1 is 1.18 bits per heavy atom. The van der Waals surface area contributed by atoms with E-state index in [0.717, 1.165) is 12.1 Å². The van der Waals surface area contributed by atoms with Crippen molar-refractivity contribution in [2.24, 2.45) is 0 Å². The van der Waals surface area contributed by atoms with Crippen LogP contribution < -0.4 is 25.8 Å². The molecule has 0 amide bonds. The maximum Gasteiger partial charge on any atom is 0.420 e. The number of ether oxygens (including phenoxy) is 2. The van der Waals surface area contributed by atoms with Crippen molar-refractivity contribution in [2.75, 3.05) is 43.1 Å². The molecule has 49 heavy (non-hydrogen) atoms. The maximum absolute atomic E-state index is 17.2. The van der Waals surface area contributed by atoms with Crippen molar-refractivity contribution < 1.29 is 31.4 Å². The Kier molecular flexibility index (Phi) is 7.91. The molecule has 5 aromatic rings. The van der Waals surface area contributed by atoms with Crippen molar-refractivity contribution in [3.8, 4) is 29.0 Å². The van der Waals surface area contributed by atoms with Crippen LogP contribution in [-0.2, 0) is 12.7 Å². The summed E-state index contributed by atoms with van der Waals surface area (Å²) in [6.07, 6.45) is -0.333. The number of pyridine rings is 1. The molecule has 2 aromatic carbocycles. The van der Waals surface area contributed by atoms with Crippen LogP contribution in [0.15, 0.2) is 42.6 Å². The highest BCUT2D eigenvalue weighted by Crippen LogP contribution is 2.53. The first-order valence-electron chi connectivity index (χ1n) is 15.0. The number of benzene rings is 2. The summed E-state index contributed by atoms with van der Waals surface area (Å²) in [5, 5.41) is 9.15. The van der Waals surface area contributed by atoms with Crippen LogP contribution in [0.4, 0.5) is 38.6 Å². The number of nitrogens with two attached hydrogens (primary N) is 2. The Hall–Kier alpha value is -5.27. The van der Waals surface area contributed by atoms with E-state index in [9.17, 15) is 9.65 Å². The predicted molar refractivity (Wildman–Crippen MR) is 175 cm³/mol. The van der Waals surface area contributed by atoms with Gasteiger partial charge in [0, 0.05) is 35.8 Å². The predicted octanol–water partition coefficient (Wildman–Crippen LogP) is 6.28. The van der Waals surface area contributed by atoms with Crippen LogP contribution in [0.1, 0.15) is 23.6 Å². The second-order valence-electron chi connectivity index (χ2n) is 11.7. The van der Waals surface area contributed by atoms with Crippen LogP contribution in [0.25, 0.3) is 32.1 Å². The molecule has 3 aromatic heterocycles. The maximum atomic E-state index is 17.2. The molecule has 0 radical (unpaired) electrons. The first-order valence-corrected chi connectivity index (χ1v) is 15.9. The number of alkyl halides is 3. The van der Waals surface area contributed by atoms with E-state index in [1.807, 2.05) is 30.2 Å². The van der Waals surface area contributed by atoms with Gasteiger partial charge in [-0.2, -0.15) is 28.4 Å². The van der Waals surface area contributed by atoms with Crippen molar-refractivity contribution in [3.05, 3.63) is 70.9 Å². The molecule has 0 spiro atoms. The van der Waals surface area contributed by atoms with Crippen LogP contribution in [-0.4, -0.2) is 58.7 Å². The lowest BCUT2D eigenvalue weighted by Crippen LogP contribution is -2.38. The third-order valence-electron chi connectivity index (χ3n) is 8.69. The van der Waals surface area contributed by atoms with E-state index in [4.69, 9.17) is 20.9 Å². The SMILES string of the molecule is CC(Oc1nc2c3c(c(C(F)(F)F)c(-c4ccc(F)c5sc(N)c(C#N)c45)c(F)c3n1)OCCN2Cc1cccnc1N)C1C=CCN1C. The second-order valence-corrected chi connectivity index (χ2v) is 12.7. The molecule has 2 aliphatic rings. The normalized spacial score (nSPS) is 16.9. The number of nitrogens with zero attached hydrogens (tertiary/aromatic N) is 6. The summed E-state index contributed by atoms with van der Waals surface area (Å²) in [6.45, 7) is 2.25. The van der Waals surface area contributed by atoms with Gasteiger partial charge in [0.15, 0.2) is 5.82 Å². The number of fused-ring (bicyclic) bond motifs is 1. The minimum Gasteiger partial charge on any atom is -0.490 e. The van der Waals surface area contributed by atoms with Gasteiger partial charge in [-0.1, -0.05) is 24.3 Å². The van der Waals surface area contributed by atoms with Crippen molar-refractivity contribution in [1.82, 2.24) is 19.9 Å². The molecule has 252 valence electrons. The number of hydrogen-bond donors (Lipinski definition) is 2. The fraction of sp³-hybridized carbons (Fsp3) is 0.273. The summed E-state index contributed by atoms with van der Waals surface area (Å²) < 4.78 is 89.8. The molecule has 2 aliphatic heterocycles. The number of rotatable bonds is 6. The average molecular weight is 695 g/mol. The summed E-state index contributed by atoms with van der Waals surface area (Å²) in [7, 11) is 1.89. The van der Waals surface area contributed by atoms with E-state index in [1.165, 1.54) is 6.20 Å². The molecule has 7 rings (SSSR count). The highest BCUT2D eigenvalue weighted by molar-refractivity contribution is 7.23.